The van der Waals surface area contributed by atoms with Crippen LogP contribution in [0.3, 0.4) is 0 Å². The molecule has 21 heavy (non-hydrogen) atoms. The summed E-state index contributed by atoms with van der Waals surface area (Å²) in [4.78, 5) is 0. The highest BCUT2D eigenvalue weighted by molar-refractivity contribution is 5.38. The van der Waals surface area contributed by atoms with Crippen LogP contribution >= 0.6 is 0 Å². The summed E-state index contributed by atoms with van der Waals surface area (Å²) >= 11 is 0. The topological polar surface area (TPSA) is 29.9 Å². The highest BCUT2D eigenvalue weighted by Crippen LogP contribution is 2.39. The molecule has 0 amide bonds. The third-order valence-corrected chi connectivity index (χ3v) is 3.67. The van der Waals surface area contributed by atoms with Gasteiger partial charge in [0.1, 0.15) is 5.69 Å². The number of nitrogens with one attached hydrogen (secondary N) is 1. The van der Waals surface area contributed by atoms with E-state index in [1.807, 2.05) is 13.0 Å². The molecule has 0 saturated heterocycles. The molecule has 112 valence electrons. The summed E-state index contributed by atoms with van der Waals surface area (Å²) in [6.45, 7) is 3.34. The summed E-state index contributed by atoms with van der Waals surface area (Å²) in [5.41, 5.74) is 1.43. The Balaban J connectivity index is 1.84. The zero-order valence-corrected chi connectivity index (χ0v) is 12.1. The summed E-state index contributed by atoms with van der Waals surface area (Å²) < 4.78 is 29.7. The Labute approximate surface area is 123 Å². The van der Waals surface area contributed by atoms with Gasteiger partial charge in [-0.2, -0.15) is 5.10 Å². The van der Waals surface area contributed by atoms with Gasteiger partial charge in [-0.25, -0.2) is 13.5 Å². The van der Waals surface area contributed by atoms with Crippen LogP contribution in [0, 0.1) is 11.6 Å². The molecule has 0 bridgehead atoms. The molecular formula is C16H19F2N3. The number of benzene rings is 1. The molecule has 0 spiro atoms. The fourth-order valence-electron chi connectivity index (χ4n) is 2.41. The van der Waals surface area contributed by atoms with Crippen LogP contribution in [0.4, 0.5) is 8.78 Å². The van der Waals surface area contributed by atoms with Gasteiger partial charge in [0.05, 0.1) is 5.69 Å². The van der Waals surface area contributed by atoms with Gasteiger partial charge in [0.15, 0.2) is 11.6 Å². The maximum absolute atomic E-state index is 14.2. The summed E-state index contributed by atoms with van der Waals surface area (Å²) in [7, 11) is 0. The predicted molar refractivity (Wildman–Crippen MR) is 77.5 cm³/mol. The molecule has 1 N–H and O–H groups in total. The minimum absolute atomic E-state index is 0.0962. The second kappa shape index (κ2) is 5.93. The molecule has 0 unspecified atom stereocenters. The molecule has 3 nitrogen and oxygen atoms in total. The zero-order valence-electron chi connectivity index (χ0n) is 12.1. The molecule has 0 aliphatic heterocycles. The second-order valence-corrected chi connectivity index (χ2v) is 5.54. The van der Waals surface area contributed by atoms with Crippen molar-refractivity contribution in [3.8, 4) is 5.69 Å². The maximum Gasteiger partial charge on any atom is 0.152 e. The van der Waals surface area contributed by atoms with Gasteiger partial charge in [-0.1, -0.05) is 6.92 Å². The van der Waals surface area contributed by atoms with Crippen LogP contribution in [-0.2, 0) is 6.54 Å². The van der Waals surface area contributed by atoms with Gasteiger partial charge in [0.25, 0.3) is 0 Å². The van der Waals surface area contributed by atoms with Gasteiger partial charge < -0.3 is 5.32 Å². The highest BCUT2D eigenvalue weighted by Gasteiger charge is 2.26. The lowest BCUT2D eigenvalue weighted by Gasteiger charge is -2.09. The van der Waals surface area contributed by atoms with Gasteiger partial charge >= 0.3 is 0 Å². The van der Waals surface area contributed by atoms with Crippen molar-refractivity contribution in [3.05, 3.63) is 47.3 Å². The molecule has 0 atom stereocenters. The Morgan fingerprint density at radius 1 is 1.29 bits per heavy atom. The minimum Gasteiger partial charge on any atom is -0.313 e. The fraction of sp³-hybridized carbons (Fsp3) is 0.438. The van der Waals surface area contributed by atoms with Crippen molar-refractivity contribution < 1.29 is 8.78 Å². The van der Waals surface area contributed by atoms with E-state index in [1.165, 1.54) is 16.8 Å². The molecule has 1 heterocycles. The molecule has 3 rings (SSSR count). The Bertz CT molecular complexity index is 609. The van der Waals surface area contributed by atoms with Crippen molar-refractivity contribution in [2.75, 3.05) is 6.54 Å². The van der Waals surface area contributed by atoms with Crippen molar-refractivity contribution in [2.45, 2.75) is 38.6 Å². The Morgan fingerprint density at radius 2 is 2.00 bits per heavy atom. The first-order chi connectivity index (χ1) is 10.2. The van der Waals surface area contributed by atoms with Gasteiger partial charge in [0.2, 0.25) is 0 Å². The number of halogens is 2. The van der Waals surface area contributed by atoms with E-state index in [-0.39, 0.29) is 5.69 Å². The molecule has 1 aliphatic rings. The maximum atomic E-state index is 14.2. The van der Waals surface area contributed by atoms with Crippen LogP contribution < -0.4 is 5.32 Å². The van der Waals surface area contributed by atoms with E-state index in [0.29, 0.717) is 18.0 Å². The number of aromatic nitrogens is 2. The lowest BCUT2D eigenvalue weighted by molar-refractivity contribution is 0.552. The van der Waals surface area contributed by atoms with Gasteiger partial charge in [-0.3, -0.25) is 0 Å². The van der Waals surface area contributed by atoms with Crippen molar-refractivity contribution in [1.82, 2.24) is 15.1 Å². The molecule has 0 radical (unpaired) electrons. The molecule has 2 aromatic rings. The Hall–Kier alpha value is -1.75. The second-order valence-electron chi connectivity index (χ2n) is 5.54. The number of rotatable bonds is 6. The quantitative estimate of drug-likeness (QED) is 0.825. The smallest absolute Gasteiger partial charge is 0.152 e. The first-order valence-electron chi connectivity index (χ1n) is 7.43. The van der Waals surface area contributed by atoms with Crippen LogP contribution in [0.2, 0.25) is 0 Å². The molecular weight excluding hydrogens is 272 g/mol. The van der Waals surface area contributed by atoms with E-state index in [9.17, 15) is 8.78 Å². The predicted octanol–water partition coefficient (Wildman–Crippen LogP) is 3.53. The van der Waals surface area contributed by atoms with E-state index in [4.69, 9.17) is 0 Å². The standard InChI is InChI=1S/C16H19F2N3/c1-2-6-19-10-11-8-13(17)16(14(18)9-11)21-7-5-15(20-21)12-3-4-12/h5,7-9,12,19H,2-4,6,10H2,1H3. The monoisotopic (exact) mass is 291 g/mol. The number of nitrogens with zero attached hydrogens (tertiary/aromatic N) is 2. The normalized spacial score (nSPS) is 14.6. The van der Waals surface area contributed by atoms with Crippen molar-refractivity contribution >= 4 is 0 Å². The Morgan fingerprint density at radius 3 is 2.62 bits per heavy atom. The first kappa shape index (κ1) is 14.2. The average Bonchev–Trinajstić information content (AvgIpc) is 3.18. The SMILES string of the molecule is CCCNCc1cc(F)c(-n2ccc(C3CC3)n2)c(F)c1. The van der Waals surface area contributed by atoms with Gasteiger partial charge in [-0.15, -0.1) is 0 Å². The summed E-state index contributed by atoms with van der Waals surface area (Å²) in [6, 6.07) is 4.59. The average molecular weight is 291 g/mol. The first-order valence-corrected chi connectivity index (χ1v) is 7.43. The lowest BCUT2D eigenvalue weighted by Crippen LogP contribution is -2.14. The molecule has 1 aromatic heterocycles. The van der Waals surface area contributed by atoms with Crippen molar-refractivity contribution in [2.24, 2.45) is 0 Å². The highest BCUT2D eigenvalue weighted by atomic mass is 19.1. The van der Waals surface area contributed by atoms with Crippen LogP contribution in [0.15, 0.2) is 24.4 Å². The van der Waals surface area contributed by atoms with Gasteiger partial charge in [-0.05, 0) is 49.6 Å². The summed E-state index contributed by atoms with van der Waals surface area (Å²) in [5.74, 6) is -0.683. The van der Waals surface area contributed by atoms with E-state index in [0.717, 1.165) is 31.5 Å². The summed E-state index contributed by atoms with van der Waals surface area (Å²) in [5, 5.41) is 7.43. The van der Waals surface area contributed by atoms with E-state index in [2.05, 4.69) is 10.4 Å². The molecule has 1 aliphatic carbocycles. The van der Waals surface area contributed by atoms with Crippen molar-refractivity contribution in [3.63, 3.8) is 0 Å². The van der Waals surface area contributed by atoms with E-state index >= 15 is 0 Å². The third kappa shape index (κ3) is 3.13. The lowest BCUT2D eigenvalue weighted by atomic mass is 10.2. The number of hydrogen-bond acceptors (Lipinski definition) is 2. The fourth-order valence-corrected chi connectivity index (χ4v) is 2.41. The largest absolute Gasteiger partial charge is 0.313 e. The van der Waals surface area contributed by atoms with Crippen LogP contribution in [-0.4, -0.2) is 16.3 Å². The minimum atomic E-state index is -0.575. The van der Waals surface area contributed by atoms with E-state index in [1.54, 1.807) is 6.20 Å². The molecule has 5 heteroatoms. The molecule has 1 aromatic carbocycles. The van der Waals surface area contributed by atoms with Crippen molar-refractivity contribution in [1.29, 1.82) is 0 Å². The number of hydrogen-bond donors (Lipinski definition) is 1. The Kier molecular flexibility index (Phi) is 4.01. The summed E-state index contributed by atoms with van der Waals surface area (Å²) in [6.07, 6.45) is 4.85. The van der Waals surface area contributed by atoms with Gasteiger partial charge in [0, 0.05) is 18.7 Å². The molecule has 1 saturated carbocycles. The van der Waals surface area contributed by atoms with Crippen LogP contribution in [0.1, 0.15) is 43.4 Å². The molecule has 1 fully saturated rings. The van der Waals surface area contributed by atoms with Crippen LogP contribution in [0.25, 0.3) is 5.69 Å². The van der Waals surface area contributed by atoms with E-state index < -0.39 is 11.6 Å². The van der Waals surface area contributed by atoms with Crippen LogP contribution in [0.5, 0.6) is 0 Å². The third-order valence-electron chi connectivity index (χ3n) is 3.67. The zero-order chi connectivity index (χ0) is 14.8.